The van der Waals surface area contributed by atoms with Crippen molar-refractivity contribution in [1.29, 1.82) is 0 Å². The lowest BCUT2D eigenvalue weighted by atomic mass is 10.1. The molecule has 8 nitrogen and oxygen atoms in total. The first-order valence-corrected chi connectivity index (χ1v) is 9.96. The normalized spacial score (nSPS) is 13.4. The SMILES string of the molecule is CCc1ccccc1NC(=O)c1ccc(NC2=C(C(=O)OC)CN(CCO)C2=O)cc1. The first-order chi connectivity index (χ1) is 15.0. The van der Waals surface area contributed by atoms with E-state index in [9.17, 15) is 14.4 Å². The highest BCUT2D eigenvalue weighted by Crippen LogP contribution is 2.23. The fourth-order valence-corrected chi connectivity index (χ4v) is 3.34. The number of esters is 1. The Kier molecular flexibility index (Phi) is 7.04. The molecule has 1 aliphatic heterocycles. The highest BCUT2D eigenvalue weighted by atomic mass is 16.5. The van der Waals surface area contributed by atoms with Crippen molar-refractivity contribution in [2.24, 2.45) is 0 Å². The zero-order valence-electron chi connectivity index (χ0n) is 17.5. The Balaban J connectivity index is 1.75. The number of benzene rings is 2. The molecule has 0 saturated carbocycles. The summed E-state index contributed by atoms with van der Waals surface area (Å²) < 4.78 is 4.77. The van der Waals surface area contributed by atoms with Crippen molar-refractivity contribution < 1.29 is 24.2 Å². The molecule has 31 heavy (non-hydrogen) atoms. The molecule has 2 aromatic rings. The molecule has 0 unspecified atom stereocenters. The number of ether oxygens (including phenoxy) is 1. The van der Waals surface area contributed by atoms with Crippen molar-refractivity contribution in [3.8, 4) is 0 Å². The monoisotopic (exact) mass is 423 g/mol. The van der Waals surface area contributed by atoms with Crippen LogP contribution in [0.2, 0.25) is 0 Å². The van der Waals surface area contributed by atoms with Gasteiger partial charge in [-0.25, -0.2) is 4.79 Å². The number of hydrogen-bond acceptors (Lipinski definition) is 6. The van der Waals surface area contributed by atoms with Gasteiger partial charge in [-0.3, -0.25) is 9.59 Å². The Hall–Kier alpha value is -3.65. The number of carbonyl (C=O) groups is 3. The van der Waals surface area contributed by atoms with E-state index in [-0.39, 0.29) is 36.9 Å². The first kappa shape index (κ1) is 22.0. The molecular weight excluding hydrogens is 398 g/mol. The molecule has 0 aromatic heterocycles. The fraction of sp³-hybridized carbons (Fsp3) is 0.261. The van der Waals surface area contributed by atoms with Crippen LogP contribution in [0.4, 0.5) is 11.4 Å². The van der Waals surface area contributed by atoms with Gasteiger partial charge in [0.05, 0.1) is 25.8 Å². The van der Waals surface area contributed by atoms with Gasteiger partial charge in [-0.2, -0.15) is 0 Å². The number of amides is 2. The number of β-amino-alcohol motifs (C(OH)–C–C–N with tert-alkyl or cyclic N) is 1. The molecule has 0 bridgehead atoms. The third-order valence-corrected chi connectivity index (χ3v) is 5.02. The number of aryl methyl sites for hydroxylation is 1. The van der Waals surface area contributed by atoms with Gasteiger partial charge in [-0.1, -0.05) is 25.1 Å². The lowest BCUT2D eigenvalue weighted by Crippen LogP contribution is -2.31. The molecule has 0 saturated heterocycles. The van der Waals surface area contributed by atoms with Gasteiger partial charge in [0.2, 0.25) is 0 Å². The largest absolute Gasteiger partial charge is 0.466 e. The van der Waals surface area contributed by atoms with Crippen LogP contribution in [-0.4, -0.2) is 54.6 Å². The third kappa shape index (κ3) is 4.92. The van der Waals surface area contributed by atoms with E-state index < -0.39 is 11.9 Å². The van der Waals surface area contributed by atoms with Gasteiger partial charge in [0.25, 0.3) is 11.8 Å². The van der Waals surface area contributed by atoms with E-state index in [4.69, 9.17) is 9.84 Å². The zero-order chi connectivity index (χ0) is 22.4. The molecule has 1 aliphatic rings. The molecule has 8 heteroatoms. The molecule has 0 spiro atoms. The van der Waals surface area contributed by atoms with Crippen LogP contribution in [0.3, 0.4) is 0 Å². The minimum absolute atomic E-state index is 0.0612. The molecular formula is C23H25N3O5. The van der Waals surface area contributed by atoms with Crippen LogP contribution in [0.5, 0.6) is 0 Å². The summed E-state index contributed by atoms with van der Waals surface area (Å²) in [6, 6.07) is 14.2. The Morgan fingerprint density at radius 2 is 1.84 bits per heavy atom. The van der Waals surface area contributed by atoms with Gasteiger partial charge >= 0.3 is 5.97 Å². The summed E-state index contributed by atoms with van der Waals surface area (Å²) in [6.07, 6.45) is 0.804. The number of carbonyl (C=O) groups excluding carboxylic acids is 3. The van der Waals surface area contributed by atoms with E-state index >= 15 is 0 Å². The van der Waals surface area contributed by atoms with Crippen molar-refractivity contribution in [3.05, 3.63) is 70.9 Å². The predicted octanol–water partition coefficient (Wildman–Crippen LogP) is 2.17. The highest BCUT2D eigenvalue weighted by Gasteiger charge is 2.34. The van der Waals surface area contributed by atoms with Crippen molar-refractivity contribution in [3.63, 3.8) is 0 Å². The van der Waals surface area contributed by atoms with Crippen molar-refractivity contribution in [2.75, 3.05) is 37.4 Å². The quantitative estimate of drug-likeness (QED) is 0.562. The van der Waals surface area contributed by atoms with Crippen LogP contribution in [0.1, 0.15) is 22.8 Å². The summed E-state index contributed by atoms with van der Waals surface area (Å²) >= 11 is 0. The van der Waals surface area contributed by atoms with E-state index in [2.05, 4.69) is 10.6 Å². The molecule has 1 heterocycles. The van der Waals surface area contributed by atoms with E-state index in [1.807, 2.05) is 31.2 Å². The number of rotatable bonds is 8. The summed E-state index contributed by atoms with van der Waals surface area (Å²) in [7, 11) is 1.25. The lowest BCUT2D eigenvalue weighted by molar-refractivity contribution is -0.136. The van der Waals surface area contributed by atoms with Gasteiger partial charge in [0.15, 0.2) is 0 Å². The van der Waals surface area contributed by atoms with E-state index in [1.54, 1.807) is 24.3 Å². The first-order valence-electron chi connectivity index (χ1n) is 9.96. The fourth-order valence-electron chi connectivity index (χ4n) is 3.34. The maximum Gasteiger partial charge on any atom is 0.337 e. The minimum Gasteiger partial charge on any atom is -0.466 e. The van der Waals surface area contributed by atoms with Crippen LogP contribution in [-0.2, 0) is 20.7 Å². The summed E-state index contributed by atoms with van der Waals surface area (Å²) in [6.45, 7) is 1.99. The summed E-state index contributed by atoms with van der Waals surface area (Å²) in [5.74, 6) is -1.25. The minimum atomic E-state index is -0.609. The number of nitrogens with one attached hydrogen (secondary N) is 2. The average Bonchev–Trinajstić information content (AvgIpc) is 3.09. The molecule has 0 radical (unpaired) electrons. The van der Waals surface area contributed by atoms with Crippen LogP contribution >= 0.6 is 0 Å². The highest BCUT2D eigenvalue weighted by molar-refractivity contribution is 6.09. The average molecular weight is 423 g/mol. The molecule has 2 amide bonds. The topological polar surface area (TPSA) is 108 Å². The zero-order valence-corrected chi connectivity index (χ0v) is 17.5. The molecule has 162 valence electrons. The van der Waals surface area contributed by atoms with E-state index in [0.29, 0.717) is 11.3 Å². The number of para-hydroxylation sites is 1. The molecule has 2 aromatic carbocycles. The molecule has 3 rings (SSSR count). The van der Waals surface area contributed by atoms with E-state index in [1.165, 1.54) is 12.0 Å². The number of nitrogens with zero attached hydrogens (tertiary/aromatic N) is 1. The van der Waals surface area contributed by atoms with Crippen LogP contribution in [0.25, 0.3) is 0 Å². The summed E-state index contributed by atoms with van der Waals surface area (Å²) in [4.78, 5) is 38.6. The third-order valence-electron chi connectivity index (χ3n) is 5.02. The van der Waals surface area contributed by atoms with Gasteiger partial charge in [-0.15, -0.1) is 0 Å². The second-order valence-corrected chi connectivity index (χ2v) is 6.96. The number of hydrogen-bond donors (Lipinski definition) is 3. The van der Waals surface area contributed by atoms with Crippen LogP contribution < -0.4 is 10.6 Å². The number of methoxy groups -OCH3 is 1. The maximum absolute atomic E-state index is 12.6. The van der Waals surface area contributed by atoms with E-state index in [0.717, 1.165) is 17.7 Å². The Morgan fingerprint density at radius 3 is 2.48 bits per heavy atom. The molecule has 0 fully saturated rings. The van der Waals surface area contributed by atoms with Gasteiger partial charge < -0.3 is 25.4 Å². The Bertz CT molecular complexity index is 1010. The predicted molar refractivity (Wildman–Crippen MR) is 117 cm³/mol. The van der Waals surface area contributed by atoms with Crippen molar-refractivity contribution >= 4 is 29.2 Å². The van der Waals surface area contributed by atoms with Gasteiger partial charge in [-0.05, 0) is 42.3 Å². The lowest BCUT2D eigenvalue weighted by Gasteiger charge is -2.15. The summed E-state index contributed by atoms with van der Waals surface area (Å²) in [5.41, 5.74) is 3.11. The van der Waals surface area contributed by atoms with Gasteiger partial charge in [0, 0.05) is 23.5 Å². The number of anilines is 2. The molecule has 0 aliphatic carbocycles. The van der Waals surface area contributed by atoms with Crippen LogP contribution in [0, 0.1) is 0 Å². The molecule has 0 atom stereocenters. The number of aliphatic hydroxyl groups is 1. The second-order valence-electron chi connectivity index (χ2n) is 6.96. The van der Waals surface area contributed by atoms with Crippen molar-refractivity contribution in [2.45, 2.75) is 13.3 Å². The smallest absolute Gasteiger partial charge is 0.337 e. The standard InChI is InChI=1S/C23H25N3O5/c1-3-15-6-4-5-7-19(15)25-21(28)16-8-10-17(11-9-16)24-20-18(23(30)31-2)14-26(12-13-27)22(20)29/h4-11,24,27H,3,12-14H2,1-2H3,(H,25,28). The van der Waals surface area contributed by atoms with Crippen molar-refractivity contribution in [1.82, 2.24) is 4.90 Å². The Labute approximate surface area is 180 Å². The molecule has 3 N–H and O–H groups in total. The van der Waals surface area contributed by atoms with Gasteiger partial charge in [0.1, 0.15) is 5.70 Å². The summed E-state index contributed by atoms with van der Waals surface area (Å²) in [5, 5.41) is 15.0. The number of aliphatic hydroxyl groups excluding tert-OH is 1. The van der Waals surface area contributed by atoms with Crippen LogP contribution in [0.15, 0.2) is 59.8 Å². The second kappa shape index (κ2) is 9.90. The maximum atomic E-state index is 12.6. The Morgan fingerprint density at radius 1 is 1.13 bits per heavy atom.